The number of halogens is 5. The van der Waals surface area contributed by atoms with Crippen LogP contribution >= 0.6 is 0 Å². The van der Waals surface area contributed by atoms with Gasteiger partial charge in [0.05, 0.1) is 0 Å². The third-order valence-corrected chi connectivity index (χ3v) is 11.2. The van der Waals surface area contributed by atoms with Gasteiger partial charge in [-0.15, -0.1) is 0 Å². The van der Waals surface area contributed by atoms with Gasteiger partial charge in [-0.1, -0.05) is 67.1 Å². The van der Waals surface area contributed by atoms with E-state index < -0.39 is 41.4 Å². The Morgan fingerprint density at radius 1 is 0.932 bits per heavy atom. The number of carbonyl (C=O) groups is 1. The normalized spacial score (nSPS) is 30.6. The van der Waals surface area contributed by atoms with Crippen LogP contribution in [0.2, 0.25) is 0 Å². The zero-order valence-corrected chi connectivity index (χ0v) is 25.3. The van der Waals surface area contributed by atoms with Crippen molar-refractivity contribution in [1.29, 1.82) is 0 Å². The average Bonchev–Trinajstić information content (AvgIpc) is 3.27. The molecule has 0 aliphatic heterocycles. The summed E-state index contributed by atoms with van der Waals surface area (Å²) in [6.07, 6.45) is -1.63. The summed E-state index contributed by atoms with van der Waals surface area (Å²) in [5, 5.41) is 11.5. The maximum Gasteiger partial charge on any atom is 0.456 e. The van der Waals surface area contributed by atoms with Gasteiger partial charge in [0, 0.05) is 30.8 Å². The predicted octanol–water partition coefficient (Wildman–Crippen LogP) is 8.19. The Balaban J connectivity index is 1.33. The molecule has 236 valence electrons. The molecule has 0 amide bonds. The van der Waals surface area contributed by atoms with E-state index in [9.17, 15) is 23.1 Å². The van der Waals surface area contributed by atoms with Crippen LogP contribution in [-0.4, -0.2) is 47.1 Å². The summed E-state index contributed by atoms with van der Waals surface area (Å²) >= 11 is 0. The molecular formula is C36H40F5NO2. The van der Waals surface area contributed by atoms with Crippen molar-refractivity contribution in [1.82, 2.24) is 4.90 Å². The molecule has 2 saturated carbocycles. The van der Waals surface area contributed by atoms with Crippen LogP contribution in [0.25, 0.3) is 0 Å². The van der Waals surface area contributed by atoms with E-state index in [1.165, 1.54) is 12.5 Å². The molecule has 3 nitrogen and oxygen atoms in total. The lowest BCUT2D eigenvalue weighted by atomic mass is 9.50. The molecule has 2 fully saturated rings. The van der Waals surface area contributed by atoms with Crippen LogP contribution in [-0.2, 0) is 17.8 Å². The van der Waals surface area contributed by atoms with Gasteiger partial charge in [0.2, 0.25) is 0 Å². The highest BCUT2D eigenvalue weighted by Gasteiger charge is 2.79. The van der Waals surface area contributed by atoms with Gasteiger partial charge >= 0.3 is 12.1 Å². The minimum Gasteiger partial charge on any atom is -0.383 e. The van der Waals surface area contributed by atoms with E-state index in [0.717, 1.165) is 40.8 Å². The molecule has 8 heteroatoms. The van der Waals surface area contributed by atoms with Crippen LogP contribution in [0.15, 0.2) is 77.4 Å². The maximum atomic E-state index is 15.2. The molecule has 0 spiro atoms. The van der Waals surface area contributed by atoms with Gasteiger partial charge in [0.25, 0.3) is 0 Å². The summed E-state index contributed by atoms with van der Waals surface area (Å²) in [7, 11) is 2.05. The van der Waals surface area contributed by atoms with Gasteiger partial charge < -0.3 is 10.0 Å². The number of nitrogens with zero attached hydrogens (tertiary/aromatic N) is 1. The van der Waals surface area contributed by atoms with Crippen LogP contribution in [0, 0.1) is 17.3 Å². The molecule has 6 rings (SSSR count). The number of aliphatic hydroxyl groups is 1. The second-order valence-electron chi connectivity index (χ2n) is 13.7. The Bertz CT molecular complexity index is 1460. The van der Waals surface area contributed by atoms with Gasteiger partial charge in [-0.3, -0.25) is 4.79 Å². The summed E-state index contributed by atoms with van der Waals surface area (Å²) in [6.45, 7) is 3.04. The molecular weight excluding hydrogens is 573 g/mol. The first-order valence-corrected chi connectivity index (χ1v) is 15.7. The number of ketones is 1. The first-order chi connectivity index (χ1) is 20.7. The van der Waals surface area contributed by atoms with E-state index in [1.54, 1.807) is 6.08 Å². The summed E-state index contributed by atoms with van der Waals surface area (Å²) in [4.78, 5) is 14.5. The van der Waals surface area contributed by atoms with Crippen molar-refractivity contribution in [2.24, 2.45) is 17.3 Å². The molecule has 2 aromatic carbocycles. The summed E-state index contributed by atoms with van der Waals surface area (Å²) in [5.74, 6) is -6.31. The van der Waals surface area contributed by atoms with Crippen molar-refractivity contribution >= 4 is 5.78 Å². The van der Waals surface area contributed by atoms with E-state index in [-0.39, 0.29) is 24.5 Å². The quantitative estimate of drug-likeness (QED) is 0.320. The number of carbonyl (C=O) groups excluding carboxylic acids is 1. The molecule has 0 saturated heterocycles. The van der Waals surface area contributed by atoms with Crippen molar-refractivity contribution in [2.75, 3.05) is 13.6 Å². The number of likely N-dealkylation sites (N-methyl/N-ethyl adjacent to an activating group) is 1. The molecule has 0 radical (unpaired) electrons. The molecule has 44 heavy (non-hydrogen) atoms. The fourth-order valence-electron chi connectivity index (χ4n) is 8.93. The lowest BCUT2D eigenvalue weighted by Gasteiger charge is -2.56. The largest absolute Gasteiger partial charge is 0.456 e. The Hall–Kier alpha value is -2.84. The predicted molar refractivity (Wildman–Crippen MR) is 159 cm³/mol. The number of rotatable bonds is 7. The van der Waals surface area contributed by atoms with Gasteiger partial charge in [0.15, 0.2) is 5.78 Å². The summed E-state index contributed by atoms with van der Waals surface area (Å²) in [6, 6.07) is 18.2. The van der Waals surface area contributed by atoms with Crippen molar-refractivity contribution in [3.05, 3.63) is 94.1 Å². The molecule has 5 atom stereocenters. The highest BCUT2D eigenvalue weighted by atomic mass is 19.4. The topological polar surface area (TPSA) is 40.5 Å². The van der Waals surface area contributed by atoms with E-state index in [0.29, 0.717) is 32.2 Å². The number of hydrogen-bond acceptors (Lipinski definition) is 3. The second-order valence-corrected chi connectivity index (χ2v) is 13.7. The van der Waals surface area contributed by atoms with Crippen LogP contribution < -0.4 is 0 Å². The number of hydrogen-bond donors (Lipinski definition) is 1. The highest BCUT2D eigenvalue weighted by Crippen LogP contribution is 2.70. The standard InChI is InChI=1S/C36H40F5NO2/c1-33-21-30(25-10-8-24(9-11-25)22-42(2)19-17-23-6-4-3-5-7-23)32-28-15-13-27(43)20-26(28)12-14-29(32)31(33)16-18-34(33,44)35(37,38)36(39,40)41/h3-11,20,29-31,44H,12-19,21-22H2,1-2H3/t29?,30-,31?,33+,34+/m1/s1. The molecule has 2 unspecified atom stereocenters. The van der Waals surface area contributed by atoms with Crippen LogP contribution in [0.4, 0.5) is 22.0 Å². The number of allylic oxidation sites excluding steroid dienone is 4. The smallest absolute Gasteiger partial charge is 0.383 e. The fourth-order valence-corrected chi connectivity index (χ4v) is 8.93. The zero-order chi connectivity index (χ0) is 31.5. The fraction of sp³-hybridized carbons (Fsp3) is 0.528. The first-order valence-electron chi connectivity index (χ1n) is 15.7. The van der Waals surface area contributed by atoms with Gasteiger partial charge in [-0.25, -0.2) is 0 Å². The maximum absolute atomic E-state index is 15.2. The number of alkyl halides is 5. The Morgan fingerprint density at radius 3 is 2.32 bits per heavy atom. The molecule has 0 heterocycles. The number of benzene rings is 2. The van der Waals surface area contributed by atoms with Crippen LogP contribution in [0.5, 0.6) is 0 Å². The van der Waals surface area contributed by atoms with E-state index >= 15 is 8.78 Å². The van der Waals surface area contributed by atoms with Gasteiger partial charge in [0.1, 0.15) is 5.60 Å². The second kappa shape index (κ2) is 11.2. The first kappa shape index (κ1) is 31.2. The Labute approximate surface area is 255 Å². The zero-order valence-electron chi connectivity index (χ0n) is 25.3. The lowest BCUT2D eigenvalue weighted by Crippen LogP contribution is -2.65. The van der Waals surface area contributed by atoms with Crippen molar-refractivity contribution < 1.29 is 31.9 Å². The van der Waals surface area contributed by atoms with E-state index in [4.69, 9.17) is 0 Å². The average molecular weight is 614 g/mol. The molecule has 2 aromatic rings. The number of fused-ring (bicyclic) bond motifs is 4. The third-order valence-electron chi connectivity index (χ3n) is 11.2. The van der Waals surface area contributed by atoms with E-state index in [2.05, 4.69) is 24.1 Å². The highest BCUT2D eigenvalue weighted by molar-refractivity contribution is 5.93. The monoisotopic (exact) mass is 613 g/mol. The minimum absolute atomic E-state index is 0.00722. The molecule has 0 aromatic heterocycles. The Kier molecular flexibility index (Phi) is 7.93. The lowest BCUT2D eigenvalue weighted by molar-refractivity contribution is -0.362. The molecule has 1 N–H and O–H groups in total. The minimum atomic E-state index is -5.85. The third kappa shape index (κ3) is 5.06. The van der Waals surface area contributed by atoms with Crippen LogP contribution in [0.3, 0.4) is 0 Å². The van der Waals surface area contributed by atoms with E-state index in [1.807, 2.05) is 42.5 Å². The molecule has 0 bridgehead atoms. The van der Waals surface area contributed by atoms with Gasteiger partial charge in [-0.2, -0.15) is 22.0 Å². The van der Waals surface area contributed by atoms with Crippen molar-refractivity contribution in [3.63, 3.8) is 0 Å². The summed E-state index contributed by atoms with van der Waals surface area (Å²) in [5.41, 5.74) is 1.50. The molecule has 4 aliphatic carbocycles. The molecule has 4 aliphatic rings. The SMILES string of the molecule is CN(CCc1ccccc1)Cc1ccc([C@H]2C[C@@]3(C)C(CC[C@@]3(O)C(F)(F)C(F)(F)F)C3CCC4=CC(=O)CCC4=C32)cc1. The van der Waals surface area contributed by atoms with Crippen LogP contribution in [0.1, 0.15) is 74.5 Å². The van der Waals surface area contributed by atoms with Gasteiger partial charge in [-0.05, 0) is 97.7 Å². The Morgan fingerprint density at radius 2 is 1.64 bits per heavy atom. The van der Waals surface area contributed by atoms with Crippen molar-refractivity contribution in [3.8, 4) is 0 Å². The van der Waals surface area contributed by atoms with Crippen molar-refractivity contribution in [2.45, 2.75) is 88.5 Å². The summed E-state index contributed by atoms with van der Waals surface area (Å²) < 4.78 is 71.8.